The van der Waals surface area contributed by atoms with Crippen molar-refractivity contribution in [2.75, 3.05) is 5.73 Å². The van der Waals surface area contributed by atoms with Crippen LogP contribution in [0.5, 0.6) is 0 Å². The predicted octanol–water partition coefficient (Wildman–Crippen LogP) is 2.10. The van der Waals surface area contributed by atoms with Gasteiger partial charge in [0, 0.05) is 5.92 Å². The molecule has 0 amide bonds. The molecule has 4 nitrogen and oxygen atoms in total. The first-order valence-corrected chi connectivity index (χ1v) is 5.44. The van der Waals surface area contributed by atoms with E-state index >= 15 is 0 Å². The number of aromatic nitrogens is 3. The average molecular weight is 194 g/mol. The van der Waals surface area contributed by atoms with E-state index < -0.39 is 0 Å². The Morgan fingerprint density at radius 3 is 2.86 bits per heavy atom. The van der Waals surface area contributed by atoms with Gasteiger partial charge in [-0.15, -0.1) is 5.10 Å². The first-order valence-electron chi connectivity index (χ1n) is 5.44. The fourth-order valence-corrected chi connectivity index (χ4v) is 1.93. The van der Waals surface area contributed by atoms with Crippen LogP contribution in [-0.4, -0.2) is 15.0 Å². The fourth-order valence-electron chi connectivity index (χ4n) is 1.93. The molecule has 1 heterocycles. The van der Waals surface area contributed by atoms with E-state index in [0.717, 1.165) is 6.42 Å². The molecule has 1 unspecified atom stereocenters. The summed E-state index contributed by atoms with van der Waals surface area (Å²) in [5.41, 5.74) is 6.99. The minimum Gasteiger partial charge on any atom is -0.381 e. The molecule has 1 aliphatic carbocycles. The highest BCUT2D eigenvalue weighted by molar-refractivity contribution is 5.38. The van der Waals surface area contributed by atoms with Crippen LogP contribution in [0.1, 0.15) is 57.2 Å². The number of nitrogen functional groups attached to an aromatic ring is 1. The molecule has 1 aromatic heterocycles. The first kappa shape index (κ1) is 9.49. The Morgan fingerprint density at radius 1 is 1.57 bits per heavy atom. The summed E-state index contributed by atoms with van der Waals surface area (Å²) in [6.45, 7) is 4.37. The highest BCUT2D eigenvalue weighted by atomic mass is 15.5. The largest absolute Gasteiger partial charge is 0.381 e. The van der Waals surface area contributed by atoms with E-state index in [2.05, 4.69) is 24.2 Å². The summed E-state index contributed by atoms with van der Waals surface area (Å²) >= 11 is 0. The molecular weight excluding hydrogens is 176 g/mol. The van der Waals surface area contributed by atoms with Gasteiger partial charge in [0.15, 0.2) is 5.82 Å². The van der Waals surface area contributed by atoms with Crippen molar-refractivity contribution >= 4 is 5.82 Å². The zero-order valence-corrected chi connectivity index (χ0v) is 8.90. The molecule has 1 fully saturated rings. The SMILES string of the molecule is CCCC(C)n1nnc(N)c1C1CC1. The third kappa shape index (κ3) is 1.61. The van der Waals surface area contributed by atoms with E-state index in [4.69, 9.17) is 5.73 Å². The van der Waals surface area contributed by atoms with E-state index in [1.54, 1.807) is 0 Å². The van der Waals surface area contributed by atoms with Crippen molar-refractivity contribution in [3.8, 4) is 0 Å². The zero-order valence-electron chi connectivity index (χ0n) is 8.90. The molecule has 0 radical (unpaired) electrons. The molecular formula is C10H18N4. The minimum atomic E-state index is 0.431. The summed E-state index contributed by atoms with van der Waals surface area (Å²) in [5.74, 6) is 1.26. The molecule has 2 N–H and O–H groups in total. The minimum absolute atomic E-state index is 0.431. The Labute approximate surface area is 84.5 Å². The predicted molar refractivity (Wildman–Crippen MR) is 56.0 cm³/mol. The molecule has 1 aliphatic rings. The lowest BCUT2D eigenvalue weighted by Crippen LogP contribution is -2.10. The van der Waals surface area contributed by atoms with Crippen molar-refractivity contribution in [3.63, 3.8) is 0 Å². The summed E-state index contributed by atoms with van der Waals surface area (Å²) < 4.78 is 2.02. The second-order valence-corrected chi connectivity index (χ2v) is 4.22. The van der Waals surface area contributed by atoms with Crippen LogP contribution >= 0.6 is 0 Å². The van der Waals surface area contributed by atoms with Crippen LogP contribution in [-0.2, 0) is 0 Å². The maximum Gasteiger partial charge on any atom is 0.169 e. The van der Waals surface area contributed by atoms with Gasteiger partial charge in [0.2, 0.25) is 0 Å². The lowest BCUT2D eigenvalue weighted by Gasteiger charge is -2.13. The van der Waals surface area contributed by atoms with E-state index in [9.17, 15) is 0 Å². The Morgan fingerprint density at radius 2 is 2.29 bits per heavy atom. The molecule has 1 atom stereocenters. The highest BCUT2D eigenvalue weighted by Gasteiger charge is 2.31. The van der Waals surface area contributed by atoms with E-state index in [0.29, 0.717) is 17.8 Å². The highest BCUT2D eigenvalue weighted by Crippen LogP contribution is 2.42. The quantitative estimate of drug-likeness (QED) is 0.798. The number of hydrogen-bond acceptors (Lipinski definition) is 3. The number of rotatable bonds is 4. The second kappa shape index (κ2) is 3.59. The van der Waals surface area contributed by atoms with Crippen LogP contribution < -0.4 is 5.73 Å². The maximum atomic E-state index is 5.82. The summed E-state index contributed by atoms with van der Waals surface area (Å²) in [6.07, 6.45) is 4.81. The van der Waals surface area contributed by atoms with E-state index in [-0.39, 0.29) is 0 Å². The van der Waals surface area contributed by atoms with Crippen molar-refractivity contribution in [1.82, 2.24) is 15.0 Å². The van der Waals surface area contributed by atoms with Crippen molar-refractivity contribution in [1.29, 1.82) is 0 Å². The van der Waals surface area contributed by atoms with Crippen molar-refractivity contribution in [2.45, 2.75) is 51.5 Å². The standard InChI is InChI=1S/C10H18N4/c1-3-4-7(2)14-9(8-5-6-8)10(11)12-13-14/h7-8H,3-6,11H2,1-2H3. The number of hydrogen-bond donors (Lipinski definition) is 1. The van der Waals surface area contributed by atoms with Gasteiger partial charge in [-0.05, 0) is 26.2 Å². The lowest BCUT2D eigenvalue weighted by atomic mass is 10.2. The van der Waals surface area contributed by atoms with E-state index in [1.807, 2.05) is 4.68 Å². The third-order valence-corrected chi connectivity index (χ3v) is 2.85. The Bertz CT molecular complexity index is 314. The van der Waals surface area contributed by atoms with Crippen molar-refractivity contribution in [3.05, 3.63) is 5.69 Å². The van der Waals surface area contributed by atoms with Gasteiger partial charge < -0.3 is 5.73 Å². The first-order chi connectivity index (χ1) is 6.74. The molecule has 2 rings (SSSR count). The lowest BCUT2D eigenvalue weighted by molar-refractivity contribution is 0.429. The molecule has 4 heteroatoms. The van der Waals surface area contributed by atoms with Crippen molar-refractivity contribution in [2.24, 2.45) is 0 Å². The topological polar surface area (TPSA) is 56.7 Å². The van der Waals surface area contributed by atoms with E-state index in [1.165, 1.54) is 25.0 Å². The summed E-state index contributed by atoms with van der Waals surface area (Å²) in [5, 5.41) is 8.11. The van der Waals surface area contributed by atoms with Gasteiger partial charge in [-0.25, -0.2) is 4.68 Å². The monoisotopic (exact) mass is 194 g/mol. The van der Waals surface area contributed by atoms with Gasteiger partial charge in [0.05, 0.1) is 11.7 Å². The molecule has 0 aromatic carbocycles. The maximum absolute atomic E-state index is 5.82. The molecule has 0 aliphatic heterocycles. The van der Waals surface area contributed by atoms with Gasteiger partial charge in [-0.3, -0.25) is 0 Å². The second-order valence-electron chi connectivity index (χ2n) is 4.22. The summed E-state index contributed by atoms with van der Waals surface area (Å²) in [6, 6.07) is 0.431. The number of nitrogens with zero attached hydrogens (tertiary/aromatic N) is 3. The van der Waals surface area contributed by atoms with Crippen LogP contribution in [0.15, 0.2) is 0 Å². The molecule has 14 heavy (non-hydrogen) atoms. The van der Waals surface area contributed by atoms with Gasteiger partial charge in [-0.2, -0.15) is 0 Å². The molecule has 0 spiro atoms. The van der Waals surface area contributed by atoms with Crippen LogP contribution in [0.25, 0.3) is 0 Å². The average Bonchev–Trinajstić information content (AvgIpc) is 2.90. The smallest absolute Gasteiger partial charge is 0.169 e. The summed E-state index contributed by atoms with van der Waals surface area (Å²) in [4.78, 5) is 0. The fraction of sp³-hybridized carbons (Fsp3) is 0.800. The van der Waals surface area contributed by atoms with Crippen LogP contribution in [0.3, 0.4) is 0 Å². The van der Waals surface area contributed by atoms with Gasteiger partial charge in [0.1, 0.15) is 0 Å². The molecule has 0 saturated heterocycles. The van der Waals surface area contributed by atoms with Crippen LogP contribution in [0.2, 0.25) is 0 Å². The van der Waals surface area contributed by atoms with Gasteiger partial charge >= 0.3 is 0 Å². The van der Waals surface area contributed by atoms with Crippen LogP contribution in [0, 0.1) is 0 Å². The normalized spacial score (nSPS) is 18.4. The Kier molecular flexibility index (Phi) is 2.44. The van der Waals surface area contributed by atoms with Crippen LogP contribution in [0.4, 0.5) is 5.82 Å². The van der Waals surface area contributed by atoms with Gasteiger partial charge in [-0.1, -0.05) is 18.6 Å². The van der Waals surface area contributed by atoms with Gasteiger partial charge in [0.25, 0.3) is 0 Å². The molecule has 0 bridgehead atoms. The molecule has 1 aromatic rings. The third-order valence-electron chi connectivity index (χ3n) is 2.85. The Hall–Kier alpha value is -1.06. The zero-order chi connectivity index (χ0) is 10.1. The Balaban J connectivity index is 2.23. The summed E-state index contributed by atoms with van der Waals surface area (Å²) in [7, 11) is 0. The number of anilines is 1. The van der Waals surface area contributed by atoms with Crippen molar-refractivity contribution < 1.29 is 0 Å². The molecule has 1 saturated carbocycles. The molecule has 78 valence electrons. The number of nitrogens with two attached hydrogens (primary N) is 1.